The molecule has 3 aromatic rings. The molecular formula is C30H40N4O5. The van der Waals surface area contributed by atoms with Gasteiger partial charge < -0.3 is 29.0 Å². The van der Waals surface area contributed by atoms with Crippen LogP contribution in [0, 0.1) is 12.8 Å². The Hall–Kier alpha value is -3.01. The fourth-order valence-electron chi connectivity index (χ4n) is 5.47. The van der Waals surface area contributed by atoms with E-state index >= 15 is 0 Å². The summed E-state index contributed by atoms with van der Waals surface area (Å²) in [6.45, 7) is 6.38. The standard InChI is InChI=1S/C30H40N4O5/c1-19-15-23(18-33(3)29(19)36)28-32-25-16-21(7-8-26(25)34(28)17-22-10-13-38-14-11-22)9-12-31-27(20(2)35)30(37)39-24-5-4-6-24/h7-8,15-16,18,20,22,24,27,31,35H,4-6,9-14,17H2,1-3H3. The minimum Gasteiger partial charge on any atom is -0.461 e. The van der Waals surface area contributed by atoms with Crippen molar-refractivity contribution in [3.63, 3.8) is 0 Å². The van der Waals surface area contributed by atoms with Crippen molar-refractivity contribution in [3.05, 3.63) is 51.9 Å². The van der Waals surface area contributed by atoms with E-state index in [0.29, 0.717) is 24.4 Å². The van der Waals surface area contributed by atoms with Gasteiger partial charge in [-0.25, -0.2) is 4.98 Å². The lowest BCUT2D eigenvalue weighted by Gasteiger charge is -2.28. The highest BCUT2D eigenvalue weighted by molar-refractivity contribution is 5.81. The highest BCUT2D eigenvalue weighted by Gasteiger charge is 2.29. The van der Waals surface area contributed by atoms with E-state index < -0.39 is 12.1 Å². The van der Waals surface area contributed by atoms with Gasteiger partial charge in [0.1, 0.15) is 18.0 Å². The molecule has 1 saturated heterocycles. The van der Waals surface area contributed by atoms with Gasteiger partial charge in [0.05, 0.1) is 17.1 Å². The number of nitrogens with zero attached hydrogens (tertiary/aromatic N) is 3. The number of nitrogens with one attached hydrogen (secondary N) is 1. The van der Waals surface area contributed by atoms with Gasteiger partial charge in [0.25, 0.3) is 5.56 Å². The molecule has 2 atom stereocenters. The van der Waals surface area contributed by atoms with Crippen LogP contribution < -0.4 is 10.9 Å². The number of carbonyl (C=O) groups is 1. The topological polar surface area (TPSA) is 108 Å². The van der Waals surface area contributed by atoms with E-state index in [0.717, 1.165) is 79.8 Å². The summed E-state index contributed by atoms with van der Waals surface area (Å²) in [5.41, 5.74) is 4.65. The van der Waals surface area contributed by atoms with Crippen molar-refractivity contribution in [2.24, 2.45) is 13.0 Å². The quantitative estimate of drug-likeness (QED) is 0.384. The van der Waals surface area contributed by atoms with Crippen LogP contribution in [0.2, 0.25) is 0 Å². The van der Waals surface area contributed by atoms with E-state index in [-0.39, 0.29) is 17.6 Å². The number of benzene rings is 1. The molecule has 9 nitrogen and oxygen atoms in total. The van der Waals surface area contributed by atoms with E-state index in [9.17, 15) is 14.7 Å². The third-order valence-electron chi connectivity index (χ3n) is 8.06. The summed E-state index contributed by atoms with van der Waals surface area (Å²) in [6.07, 6.45) is 6.61. The second-order valence-corrected chi connectivity index (χ2v) is 11.2. The van der Waals surface area contributed by atoms with Gasteiger partial charge in [-0.2, -0.15) is 0 Å². The smallest absolute Gasteiger partial charge is 0.326 e. The lowest BCUT2D eigenvalue weighted by Crippen LogP contribution is -2.48. The van der Waals surface area contributed by atoms with Crippen molar-refractivity contribution in [1.82, 2.24) is 19.4 Å². The number of imidazole rings is 1. The number of carbonyl (C=O) groups excluding carboxylic acids is 1. The van der Waals surface area contributed by atoms with Gasteiger partial charge in [-0.3, -0.25) is 9.59 Å². The van der Waals surface area contributed by atoms with Gasteiger partial charge in [0.2, 0.25) is 0 Å². The highest BCUT2D eigenvalue weighted by atomic mass is 16.5. The maximum Gasteiger partial charge on any atom is 0.326 e. The Morgan fingerprint density at radius 2 is 2.00 bits per heavy atom. The lowest BCUT2D eigenvalue weighted by atomic mass is 9.96. The van der Waals surface area contributed by atoms with Gasteiger partial charge in [-0.15, -0.1) is 0 Å². The van der Waals surface area contributed by atoms with Crippen LogP contribution in [0.3, 0.4) is 0 Å². The number of fused-ring (bicyclic) bond motifs is 1. The number of hydrogen-bond donors (Lipinski definition) is 2. The molecule has 9 heteroatoms. The number of aryl methyl sites for hydroxylation is 2. The molecule has 210 valence electrons. The maximum atomic E-state index is 12.5. The molecular weight excluding hydrogens is 496 g/mol. The summed E-state index contributed by atoms with van der Waals surface area (Å²) in [7, 11) is 1.78. The molecule has 0 spiro atoms. The Kier molecular flexibility index (Phi) is 8.49. The lowest BCUT2D eigenvalue weighted by molar-refractivity contribution is -0.158. The zero-order chi connectivity index (χ0) is 27.5. The molecule has 2 N–H and O–H groups in total. The largest absolute Gasteiger partial charge is 0.461 e. The molecule has 2 fully saturated rings. The summed E-state index contributed by atoms with van der Waals surface area (Å²) in [4.78, 5) is 29.9. The summed E-state index contributed by atoms with van der Waals surface area (Å²) in [6, 6.07) is 7.50. The first-order valence-corrected chi connectivity index (χ1v) is 14.2. The molecule has 5 rings (SSSR count). The first kappa shape index (κ1) is 27.6. The maximum absolute atomic E-state index is 12.5. The van der Waals surface area contributed by atoms with E-state index in [4.69, 9.17) is 14.5 Å². The first-order chi connectivity index (χ1) is 18.8. The van der Waals surface area contributed by atoms with Crippen molar-refractivity contribution < 1.29 is 19.4 Å². The summed E-state index contributed by atoms with van der Waals surface area (Å²) in [5, 5.41) is 13.3. The predicted octanol–water partition coefficient (Wildman–Crippen LogP) is 3.11. The molecule has 1 aromatic carbocycles. The monoisotopic (exact) mass is 536 g/mol. The van der Waals surface area contributed by atoms with Gasteiger partial charge in [0, 0.05) is 50.7 Å². The van der Waals surface area contributed by atoms with Crippen molar-refractivity contribution in [2.45, 2.75) is 77.2 Å². The number of pyridine rings is 1. The Morgan fingerprint density at radius 3 is 2.67 bits per heavy atom. The molecule has 0 bridgehead atoms. The molecule has 1 aliphatic carbocycles. The van der Waals surface area contributed by atoms with Crippen molar-refractivity contribution >= 4 is 17.0 Å². The predicted molar refractivity (Wildman–Crippen MR) is 150 cm³/mol. The Labute approximate surface area is 229 Å². The number of hydrogen-bond acceptors (Lipinski definition) is 7. The van der Waals surface area contributed by atoms with Crippen LogP contribution in [0.25, 0.3) is 22.4 Å². The zero-order valence-corrected chi connectivity index (χ0v) is 23.2. The van der Waals surface area contributed by atoms with E-state index in [1.165, 1.54) is 0 Å². The summed E-state index contributed by atoms with van der Waals surface area (Å²) >= 11 is 0. The average molecular weight is 537 g/mol. The van der Waals surface area contributed by atoms with E-state index in [2.05, 4.69) is 28.1 Å². The minimum atomic E-state index is -0.839. The van der Waals surface area contributed by atoms with Crippen LogP contribution in [0.1, 0.15) is 50.2 Å². The average Bonchev–Trinajstić information content (AvgIpc) is 3.24. The third-order valence-corrected chi connectivity index (χ3v) is 8.06. The van der Waals surface area contributed by atoms with Crippen LogP contribution in [-0.4, -0.2) is 63.2 Å². The molecule has 1 saturated carbocycles. The van der Waals surface area contributed by atoms with Gasteiger partial charge in [0.15, 0.2) is 0 Å². The molecule has 2 unspecified atom stereocenters. The molecule has 0 radical (unpaired) electrons. The molecule has 39 heavy (non-hydrogen) atoms. The second-order valence-electron chi connectivity index (χ2n) is 11.2. The number of rotatable bonds is 10. The third kappa shape index (κ3) is 6.26. The van der Waals surface area contributed by atoms with E-state index in [1.807, 2.05) is 19.2 Å². The van der Waals surface area contributed by atoms with Crippen molar-refractivity contribution in [1.29, 1.82) is 0 Å². The molecule has 3 heterocycles. The number of aromatic nitrogens is 3. The van der Waals surface area contributed by atoms with Gasteiger partial charge in [-0.05, 0) is 82.1 Å². The molecule has 2 aliphatic rings. The summed E-state index contributed by atoms with van der Waals surface area (Å²) < 4.78 is 15.0. The Morgan fingerprint density at radius 1 is 1.23 bits per heavy atom. The fourth-order valence-corrected chi connectivity index (χ4v) is 5.47. The Bertz CT molecular complexity index is 1340. The fraction of sp³-hybridized carbons (Fsp3) is 0.567. The van der Waals surface area contributed by atoms with Crippen LogP contribution in [0.4, 0.5) is 0 Å². The Balaban J connectivity index is 1.37. The number of aliphatic hydroxyl groups is 1. The first-order valence-electron chi connectivity index (χ1n) is 14.2. The van der Waals surface area contributed by atoms with Crippen LogP contribution in [-0.2, 0) is 34.3 Å². The SMILES string of the molecule is Cc1cc(-c2nc3cc(CCNC(C(=O)OC4CCC4)C(C)O)ccc3n2CC2CCOCC2)cn(C)c1=O. The van der Waals surface area contributed by atoms with Crippen LogP contribution in [0.5, 0.6) is 0 Å². The molecule has 1 aliphatic heterocycles. The van der Waals surface area contributed by atoms with Crippen molar-refractivity contribution in [2.75, 3.05) is 19.8 Å². The normalized spacial score (nSPS) is 18.2. The molecule has 2 aromatic heterocycles. The van der Waals surface area contributed by atoms with Crippen LogP contribution >= 0.6 is 0 Å². The van der Waals surface area contributed by atoms with Crippen molar-refractivity contribution in [3.8, 4) is 11.4 Å². The van der Waals surface area contributed by atoms with Crippen LogP contribution in [0.15, 0.2) is 35.3 Å². The van der Waals surface area contributed by atoms with E-state index in [1.54, 1.807) is 18.5 Å². The summed E-state index contributed by atoms with van der Waals surface area (Å²) in [5.74, 6) is 0.983. The minimum absolute atomic E-state index is 0.00676. The number of esters is 1. The zero-order valence-electron chi connectivity index (χ0n) is 23.2. The number of ether oxygens (including phenoxy) is 2. The highest BCUT2D eigenvalue weighted by Crippen LogP contribution is 2.29. The second kappa shape index (κ2) is 12.0. The number of aliphatic hydroxyl groups excluding tert-OH is 1. The molecule has 0 amide bonds. The van der Waals surface area contributed by atoms with Gasteiger partial charge >= 0.3 is 5.97 Å². The van der Waals surface area contributed by atoms with Gasteiger partial charge in [-0.1, -0.05) is 6.07 Å².